The first-order valence-electron chi connectivity index (χ1n) is 3.97. The maximum absolute atomic E-state index is 10.2. The lowest BCUT2D eigenvalue weighted by Crippen LogP contribution is -2.30. The Kier molecular flexibility index (Phi) is 10.8. The van der Waals surface area contributed by atoms with E-state index in [-0.39, 0.29) is 0 Å². The lowest BCUT2D eigenvalue weighted by molar-refractivity contribution is -0.141. The zero-order chi connectivity index (χ0) is 14.9. The molecule has 0 heterocycles. The SMILES string of the molecule is O=C(O)C(I)C(I)C(=O)O.O=C(O)C=CC(=O)O. The summed E-state index contributed by atoms with van der Waals surface area (Å²) in [6, 6.07) is 0. The van der Waals surface area contributed by atoms with Gasteiger partial charge in [-0.15, -0.1) is 0 Å². The Hall–Kier alpha value is -0.920. The smallest absolute Gasteiger partial charge is 0.328 e. The predicted octanol–water partition coefficient (Wildman–Crippen LogP) is 0.475. The summed E-state index contributed by atoms with van der Waals surface area (Å²) in [4.78, 5) is 39.4. The van der Waals surface area contributed by atoms with E-state index in [4.69, 9.17) is 20.4 Å². The largest absolute Gasteiger partial charge is 0.480 e. The number of rotatable bonds is 5. The molecular weight excluding hydrogens is 478 g/mol. The molecule has 18 heavy (non-hydrogen) atoms. The van der Waals surface area contributed by atoms with Crippen LogP contribution in [0.4, 0.5) is 0 Å². The number of halogens is 2. The molecule has 0 saturated carbocycles. The first-order chi connectivity index (χ1) is 8.09. The molecule has 0 bridgehead atoms. The number of aliphatic carboxylic acids is 4. The van der Waals surface area contributed by atoms with Crippen LogP contribution in [0.2, 0.25) is 0 Å². The van der Waals surface area contributed by atoms with E-state index in [1.807, 2.05) is 0 Å². The van der Waals surface area contributed by atoms with Gasteiger partial charge in [-0.2, -0.15) is 0 Å². The molecule has 0 amide bonds. The summed E-state index contributed by atoms with van der Waals surface area (Å²) in [7, 11) is 0. The normalized spacial score (nSPS) is 13.0. The minimum absolute atomic E-state index is 0.558. The zero-order valence-electron chi connectivity index (χ0n) is 8.49. The molecule has 2 atom stereocenters. The maximum Gasteiger partial charge on any atom is 0.328 e. The first-order valence-corrected chi connectivity index (χ1v) is 6.46. The fourth-order valence-electron chi connectivity index (χ4n) is 0.393. The van der Waals surface area contributed by atoms with Gasteiger partial charge in [0.05, 0.1) is 0 Å². The van der Waals surface area contributed by atoms with Gasteiger partial charge in [-0.1, -0.05) is 45.2 Å². The summed E-state index contributed by atoms with van der Waals surface area (Å²) < 4.78 is -1.73. The lowest BCUT2D eigenvalue weighted by atomic mass is 10.3. The van der Waals surface area contributed by atoms with Crippen molar-refractivity contribution in [3.8, 4) is 0 Å². The van der Waals surface area contributed by atoms with Crippen LogP contribution in [0.1, 0.15) is 0 Å². The number of hydrogen-bond donors (Lipinski definition) is 4. The van der Waals surface area contributed by atoms with Crippen LogP contribution in [0.25, 0.3) is 0 Å². The average Bonchev–Trinajstić information content (AvgIpc) is 2.24. The Morgan fingerprint density at radius 2 is 0.944 bits per heavy atom. The molecule has 0 aromatic rings. The molecule has 102 valence electrons. The highest BCUT2D eigenvalue weighted by atomic mass is 127. The van der Waals surface area contributed by atoms with Crippen molar-refractivity contribution in [2.75, 3.05) is 0 Å². The molecule has 2 unspecified atom stereocenters. The molecule has 0 spiro atoms. The zero-order valence-corrected chi connectivity index (χ0v) is 12.8. The van der Waals surface area contributed by atoms with Crippen LogP contribution in [0, 0.1) is 0 Å². The maximum atomic E-state index is 10.2. The van der Waals surface area contributed by atoms with E-state index >= 15 is 0 Å². The second kappa shape index (κ2) is 10.0. The Labute approximate surface area is 128 Å². The number of alkyl halides is 2. The Bertz CT molecular complexity index is 330. The van der Waals surface area contributed by atoms with Gasteiger partial charge >= 0.3 is 23.9 Å². The van der Waals surface area contributed by atoms with Crippen molar-refractivity contribution < 1.29 is 39.6 Å². The van der Waals surface area contributed by atoms with Crippen molar-refractivity contribution >= 4 is 69.1 Å². The fourth-order valence-corrected chi connectivity index (χ4v) is 1.01. The molecule has 0 aromatic heterocycles. The van der Waals surface area contributed by atoms with E-state index in [1.165, 1.54) is 0 Å². The Morgan fingerprint density at radius 1 is 0.722 bits per heavy atom. The van der Waals surface area contributed by atoms with Gasteiger partial charge in [0, 0.05) is 12.2 Å². The van der Waals surface area contributed by atoms with Crippen molar-refractivity contribution in [3.63, 3.8) is 0 Å². The van der Waals surface area contributed by atoms with Gasteiger partial charge in [0.1, 0.15) is 7.85 Å². The van der Waals surface area contributed by atoms with E-state index in [9.17, 15) is 19.2 Å². The molecule has 0 aliphatic heterocycles. The highest BCUT2D eigenvalue weighted by Gasteiger charge is 2.28. The van der Waals surface area contributed by atoms with E-state index in [0.717, 1.165) is 0 Å². The van der Waals surface area contributed by atoms with Gasteiger partial charge in [-0.05, 0) is 0 Å². The fraction of sp³-hybridized carbons (Fsp3) is 0.250. The molecule has 0 aliphatic rings. The summed E-state index contributed by atoms with van der Waals surface area (Å²) in [5.41, 5.74) is 0. The quantitative estimate of drug-likeness (QED) is 0.249. The Morgan fingerprint density at radius 3 is 1.06 bits per heavy atom. The summed E-state index contributed by atoms with van der Waals surface area (Å²) in [6.07, 6.45) is 1.12. The van der Waals surface area contributed by atoms with Crippen molar-refractivity contribution in [1.82, 2.24) is 0 Å². The van der Waals surface area contributed by atoms with Crippen molar-refractivity contribution in [2.24, 2.45) is 0 Å². The van der Waals surface area contributed by atoms with Gasteiger partial charge in [0.2, 0.25) is 0 Å². The first kappa shape index (κ1) is 19.4. The third kappa shape index (κ3) is 11.6. The van der Waals surface area contributed by atoms with Gasteiger partial charge in [-0.3, -0.25) is 9.59 Å². The van der Waals surface area contributed by atoms with E-state index in [1.54, 1.807) is 45.2 Å². The van der Waals surface area contributed by atoms with Gasteiger partial charge in [-0.25, -0.2) is 9.59 Å². The molecule has 0 rings (SSSR count). The second-order valence-electron chi connectivity index (χ2n) is 2.49. The molecular formula is C8H8I2O8. The molecule has 4 N–H and O–H groups in total. The summed E-state index contributed by atoms with van der Waals surface area (Å²) in [5.74, 6) is -4.70. The molecule has 0 aliphatic carbocycles. The van der Waals surface area contributed by atoms with Crippen molar-refractivity contribution in [3.05, 3.63) is 12.2 Å². The van der Waals surface area contributed by atoms with Gasteiger partial charge in [0.25, 0.3) is 0 Å². The van der Waals surface area contributed by atoms with E-state index < -0.39 is 31.7 Å². The minimum Gasteiger partial charge on any atom is -0.480 e. The number of carbonyl (C=O) groups is 4. The van der Waals surface area contributed by atoms with Crippen LogP contribution in [-0.4, -0.2) is 52.2 Å². The average molecular weight is 486 g/mol. The lowest BCUT2D eigenvalue weighted by Gasteiger charge is -2.06. The highest BCUT2D eigenvalue weighted by molar-refractivity contribution is 14.1. The van der Waals surface area contributed by atoms with Gasteiger partial charge in [0.15, 0.2) is 0 Å². The van der Waals surface area contributed by atoms with Gasteiger partial charge < -0.3 is 20.4 Å². The minimum atomic E-state index is -1.26. The summed E-state index contributed by atoms with van der Waals surface area (Å²) >= 11 is 3.17. The molecule has 0 radical (unpaired) electrons. The number of carboxylic acids is 4. The van der Waals surface area contributed by atoms with E-state index in [0.29, 0.717) is 12.2 Å². The number of hydrogen-bond acceptors (Lipinski definition) is 4. The van der Waals surface area contributed by atoms with Crippen LogP contribution in [-0.2, 0) is 19.2 Å². The van der Waals surface area contributed by atoms with Crippen LogP contribution >= 0.6 is 45.2 Å². The van der Waals surface area contributed by atoms with Crippen LogP contribution in [0.15, 0.2) is 12.2 Å². The summed E-state index contributed by atoms with van der Waals surface area (Å²) in [5, 5.41) is 32.3. The highest BCUT2D eigenvalue weighted by Crippen LogP contribution is 2.15. The second-order valence-corrected chi connectivity index (χ2v) is 5.17. The molecule has 10 heteroatoms. The van der Waals surface area contributed by atoms with Crippen LogP contribution in [0.5, 0.6) is 0 Å². The molecule has 8 nitrogen and oxygen atoms in total. The Balaban J connectivity index is 0. The van der Waals surface area contributed by atoms with Crippen LogP contribution < -0.4 is 0 Å². The van der Waals surface area contributed by atoms with E-state index in [2.05, 4.69) is 0 Å². The van der Waals surface area contributed by atoms with Crippen molar-refractivity contribution in [1.29, 1.82) is 0 Å². The topological polar surface area (TPSA) is 149 Å². The third-order valence-corrected chi connectivity index (χ3v) is 4.98. The van der Waals surface area contributed by atoms with Crippen molar-refractivity contribution in [2.45, 2.75) is 7.85 Å². The third-order valence-electron chi connectivity index (χ3n) is 1.10. The number of carboxylic acid groups (broad SMARTS) is 4. The molecule has 0 aromatic carbocycles. The predicted molar refractivity (Wildman–Crippen MR) is 75.3 cm³/mol. The summed E-state index contributed by atoms with van der Waals surface area (Å²) in [6.45, 7) is 0. The molecule has 0 saturated heterocycles. The monoisotopic (exact) mass is 486 g/mol. The standard InChI is InChI=1S/C4H4I2O4.C4H4O4/c5-1(3(7)8)2(6)4(9)10;5-3(6)1-2-4(7)8/h1-2H,(H,7,8)(H,9,10);1-2H,(H,5,6)(H,7,8). The van der Waals surface area contributed by atoms with Crippen LogP contribution in [0.3, 0.4) is 0 Å². The molecule has 0 fully saturated rings.